The molecule has 0 aliphatic carbocycles. The van der Waals surface area contributed by atoms with Crippen molar-refractivity contribution in [1.29, 1.82) is 0 Å². The van der Waals surface area contributed by atoms with Crippen molar-refractivity contribution in [2.75, 3.05) is 24.4 Å². The number of hydrogen-bond donors (Lipinski definition) is 1. The van der Waals surface area contributed by atoms with Gasteiger partial charge < -0.3 is 19.7 Å². The molecule has 0 aromatic heterocycles. The van der Waals surface area contributed by atoms with E-state index in [0.717, 1.165) is 22.4 Å². The molecule has 1 fully saturated rings. The van der Waals surface area contributed by atoms with Gasteiger partial charge in [-0.15, -0.1) is 0 Å². The molecule has 7 nitrogen and oxygen atoms in total. The minimum absolute atomic E-state index is 0.110. The fraction of sp³-hybridized carbons (Fsp3) is 0.343. The van der Waals surface area contributed by atoms with Gasteiger partial charge in [0, 0.05) is 22.4 Å². The number of Topliss-reactive ketones (excluding diaryl/α,β-unsaturated/α-hetero) is 2. The third kappa shape index (κ3) is 3.75. The van der Waals surface area contributed by atoms with E-state index >= 15 is 4.79 Å². The molecule has 3 aromatic rings. The number of allylic oxidation sites excluding steroid dienone is 1. The van der Waals surface area contributed by atoms with Crippen LogP contribution in [0.1, 0.15) is 54.7 Å². The molecule has 3 heterocycles. The zero-order valence-corrected chi connectivity index (χ0v) is 25.1. The summed E-state index contributed by atoms with van der Waals surface area (Å²) >= 11 is 0. The summed E-state index contributed by atoms with van der Waals surface area (Å²) in [7, 11) is 3.04. The van der Waals surface area contributed by atoms with Crippen LogP contribution in [0.15, 0.2) is 66.7 Å². The molecular weight excluding hydrogens is 528 g/mol. The Labute approximate surface area is 246 Å². The summed E-state index contributed by atoms with van der Waals surface area (Å²) in [5, 5.41) is 3.08. The number of fused-ring (bicyclic) bond motifs is 6. The molecule has 3 aliphatic heterocycles. The molecular formula is C35H36N2O5. The largest absolute Gasteiger partial charge is 0.497 e. The van der Waals surface area contributed by atoms with Gasteiger partial charge in [-0.05, 0) is 61.4 Å². The Morgan fingerprint density at radius 2 is 1.69 bits per heavy atom. The van der Waals surface area contributed by atoms with Gasteiger partial charge in [0.1, 0.15) is 23.0 Å². The van der Waals surface area contributed by atoms with Gasteiger partial charge in [0.15, 0.2) is 11.6 Å². The van der Waals surface area contributed by atoms with E-state index in [4.69, 9.17) is 9.47 Å². The van der Waals surface area contributed by atoms with E-state index in [1.54, 1.807) is 18.2 Å². The first kappa shape index (κ1) is 27.8. The maximum Gasteiger partial charge on any atom is 0.238 e. The van der Waals surface area contributed by atoms with Crippen molar-refractivity contribution in [2.24, 2.45) is 11.3 Å². The average Bonchev–Trinajstić information content (AvgIpc) is 3.43. The highest BCUT2D eigenvalue weighted by atomic mass is 16.5. The number of carbonyl (C=O) groups excluding carboxylic acids is 3. The summed E-state index contributed by atoms with van der Waals surface area (Å²) in [6, 6.07) is 17.2. The molecule has 4 atom stereocenters. The number of hydrogen-bond acceptors (Lipinski definition) is 6. The first-order valence-electron chi connectivity index (χ1n) is 14.2. The standard InChI is InChI=1S/C35H36N2O5/c1-19-12-14-26-22(16-19)20(2)17-28-35(24-10-8-9-11-25(24)36-33(35)40)29(30(37(26)28)32(39)34(3,4)5)31(38)23-18-21(41-6)13-15-27(23)42-7/h8-18,28-30H,1-7H3,(H,36,40)/t28-,29+,30-,35+/m0/s1. The van der Waals surface area contributed by atoms with E-state index in [1.165, 1.54) is 14.2 Å². The molecule has 7 heteroatoms. The summed E-state index contributed by atoms with van der Waals surface area (Å²) in [6.45, 7) is 9.67. The van der Waals surface area contributed by atoms with E-state index in [1.807, 2.05) is 75.9 Å². The summed E-state index contributed by atoms with van der Waals surface area (Å²) in [4.78, 5) is 46.4. The number of nitrogens with zero attached hydrogens (tertiary/aromatic N) is 1. The Kier molecular flexibility index (Phi) is 6.33. The fourth-order valence-electron chi connectivity index (χ4n) is 7.16. The lowest BCUT2D eigenvalue weighted by molar-refractivity contribution is -0.128. The topological polar surface area (TPSA) is 84.9 Å². The average molecular weight is 565 g/mol. The molecule has 1 saturated heterocycles. The van der Waals surface area contributed by atoms with Gasteiger partial charge >= 0.3 is 0 Å². The minimum atomic E-state index is -1.38. The molecule has 6 rings (SSSR count). The maximum atomic E-state index is 15.1. The van der Waals surface area contributed by atoms with Gasteiger partial charge in [-0.3, -0.25) is 14.4 Å². The lowest BCUT2D eigenvalue weighted by Gasteiger charge is -2.40. The molecule has 0 radical (unpaired) electrons. The van der Waals surface area contributed by atoms with Gasteiger partial charge in [0.2, 0.25) is 5.91 Å². The van der Waals surface area contributed by atoms with E-state index in [0.29, 0.717) is 22.7 Å². The molecule has 1 N–H and O–H groups in total. The summed E-state index contributed by atoms with van der Waals surface area (Å²) in [5.74, 6) is -0.957. The van der Waals surface area contributed by atoms with Crippen LogP contribution in [0, 0.1) is 18.3 Å². The lowest BCUT2D eigenvalue weighted by Crippen LogP contribution is -2.51. The normalized spacial score (nSPS) is 24.0. The van der Waals surface area contributed by atoms with Crippen LogP contribution in [0.4, 0.5) is 11.4 Å². The molecule has 3 aromatic carbocycles. The highest BCUT2D eigenvalue weighted by Crippen LogP contribution is 2.59. The van der Waals surface area contributed by atoms with Crippen LogP contribution < -0.4 is 19.7 Å². The van der Waals surface area contributed by atoms with Crippen LogP contribution in [-0.2, 0) is 15.0 Å². The number of carbonyl (C=O) groups is 3. The van der Waals surface area contributed by atoms with E-state index in [9.17, 15) is 9.59 Å². The number of aryl methyl sites for hydroxylation is 1. The maximum absolute atomic E-state index is 15.1. The number of ketones is 2. The lowest BCUT2D eigenvalue weighted by atomic mass is 9.63. The molecule has 0 saturated carbocycles. The molecule has 3 aliphatic rings. The van der Waals surface area contributed by atoms with Crippen LogP contribution in [0.25, 0.3) is 5.57 Å². The van der Waals surface area contributed by atoms with Crippen molar-refractivity contribution < 1.29 is 23.9 Å². The van der Waals surface area contributed by atoms with Crippen molar-refractivity contribution in [3.8, 4) is 11.5 Å². The number of methoxy groups -OCH3 is 2. The Morgan fingerprint density at radius 3 is 2.38 bits per heavy atom. The van der Waals surface area contributed by atoms with Crippen LogP contribution >= 0.6 is 0 Å². The second-order valence-electron chi connectivity index (χ2n) is 12.6. The molecule has 42 heavy (non-hydrogen) atoms. The van der Waals surface area contributed by atoms with Gasteiger partial charge in [-0.1, -0.05) is 56.7 Å². The Balaban J connectivity index is 1.72. The van der Waals surface area contributed by atoms with Gasteiger partial charge in [0.25, 0.3) is 0 Å². The monoisotopic (exact) mass is 564 g/mol. The van der Waals surface area contributed by atoms with Gasteiger partial charge in [-0.25, -0.2) is 0 Å². The Morgan fingerprint density at radius 1 is 0.952 bits per heavy atom. The summed E-state index contributed by atoms with van der Waals surface area (Å²) in [5.41, 5.74) is 3.39. The third-order valence-electron chi connectivity index (χ3n) is 9.09. The second kappa shape index (κ2) is 9.58. The van der Waals surface area contributed by atoms with Crippen molar-refractivity contribution in [3.05, 3.63) is 89.0 Å². The third-order valence-corrected chi connectivity index (χ3v) is 9.09. The van der Waals surface area contributed by atoms with E-state index in [-0.39, 0.29) is 23.0 Å². The number of benzene rings is 3. The molecule has 1 spiro atoms. The van der Waals surface area contributed by atoms with Crippen molar-refractivity contribution in [3.63, 3.8) is 0 Å². The van der Waals surface area contributed by atoms with Crippen LogP contribution in [0.2, 0.25) is 0 Å². The van der Waals surface area contributed by atoms with Crippen LogP contribution in [0.3, 0.4) is 0 Å². The Hall–Kier alpha value is -4.39. The number of anilines is 2. The van der Waals surface area contributed by atoms with Gasteiger partial charge in [-0.2, -0.15) is 0 Å². The van der Waals surface area contributed by atoms with E-state index < -0.39 is 28.8 Å². The van der Waals surface area contributed by atoms with Gasteiger partial charge in [0.05, 0.1) is 31.7 Å². The zero-order valence-electron chi connectivity index (χ0n) is 25.1. The van der Waals surface area contributed by atoms with Crippen LogP contribution in [-0.4, -0.2) is 43.8 Å². The number of para-hydroxylation sites is 1. The van der Waals surface area contributed by atoms with Crippen molar-refractivity contribution in [2.45, 2.75) is 52.1 Å². The van der Waals surface area contributed by atoms with E-state index in [2.05, 4.69) is 17.5 Å². The van der Waals surface area contributed by atoms with Crippen LogP contribution in [0.5, 0.6) is 11.5 Å². The SMILES string of the molecule is COc1ccc(OC)c(C(=O)[C@H]2[C@@H](C(=O)C(C)(C)C)N3c4ccc(C)cc4C(C)=C[C@H]3[C@@]23C(=O)Nc2ccccc23)c1. The summed E-state index contributed by atoms with van der Waals surface area (Å²) in [6.07, 6.45) is 2.07. The summed E-state index contributed by atoms with van der Waals surface area (Å²) < 4.78 is 11.1. The number of ether oxygens (including phenoxy) is 2. The number of rotatable bonds is 5. The predicted octanol–water partition coefficient (Wildman–Crippen LogP) is 5.99. The molecule has 0 bridgehead atoms. The van der Waals surface area contributed by atoms with Crippen molar-refractivity contribution in [1.82, 2.24) is 0 Å². The smallest absolute Gasteiger partial charge is 0.238 e. The zero-order chi connectivity index (χ0) is 30.1. The molecule has 216 valence electrons. The fourth-order valence-corrected chi connectivity index (χ4v) is 7.16. The highest BCUT2D eigenvalue weighted by molar-refractivity contribution is 6.18. The predicted molar refractivity (Wildman–Crippen MR) is 163 cm³/mol. The number of amides is 1. The number of nitrogens with one attached hydrogen (secondary N) is 1. The quantitative estimate of drug-likeness (QED) is 0.383. The van der Waals surface area contributed by atoms with Crippen molar-refractivity contribution >= 4 is 34.4 Å². The molecule has 0 unspecified atom stereocenters. The minimum Gasteiger partial charge on any atom is -0.497 e. The highest BCUT2D eigenvalue weighted by Gasteiger charge is 2.71. The first-order valence-corrected chi connectivity index (χ1v) is 14.2. The molecule has 1 amide bonds. The first-order chi connectivity index (χ1) is 19.9. The second-order valence-corrected chi connectivity index (χ2v) is 12.6. The Bertz CT molecular complexity index is 1680.